The Morgan fingerprint density at radius 1 is 1.08 bits per heavy atom. The van der Waals surface area contributed by atoms with Crippen molar-refractivity contribution >= 4 is 33.3 Å². The number of carbonyl (C=O) groups is 2. The van der Waals surface area contributed by atoms with Crippen LogP contribution in [0.1, 0.15) is 50.4 Å². The highest BCUT2D eigenvalue weighted by Gasteiger charge is 2.31. The number of hydrogen-bond donors (Lipinski definition) is 3. The number of ether oxygens (including phenoxy) is 3. The summed E-state index contributed by atoms with van der Waals surface area (Å²) < 4.78 is 60.1. The number of likely N-dealkylation sites (N-methyl/N-ethyl adjacent to an activating group) is 1. The lowest BCUT2D eigenvalue weighted by Crippen LogP contribution is -2.48. The Morgan fingerprint density at radius 2 is 1.76 bits per heavy atom. The molecular weight excluding hydrogens is 667 g/mol. The molecule has 3 amide bonds. The number of halogens is 1. The summed E-state index contributed by atoms with van der Waals surface area (Å²) in [5.74, 6) is -0.391. The van der Waals surface area contributed by atoms with Crippen LogP contribution in [0.25, 0.3) is 0 Å². The number of benzene rings is 3. The number of fused-ring (bicyclic) bond motifs is 1. The van der Waals surface area contributed by atoms with Gasteiger partial charge in [-0.05, 0) is 99.8 Å². The number of sulfonamides is 1. The van der Waals surface area contributed by atoms with E-state index < -0.39 is 39.9 Å². The summed E-state index contributed by atoms with van der Waals surface area (Å²) in [6.45, 7) is 5.95. The van der Waals surface area contributed by atoms with E-state index in [4.69, 9.17) is 14.2 Å². The lowest BCUT2D eigenvalue weighted by atomic mass is 10.0. The van der Waals surface area contributed by atoms with Gasteiger partial charge < -0.3 is 34.4 Å². The Labute approximate surface area is 293 Å². The molecule has 0 aliphatic carbocycles. The molecule has 1 aliphatic heterocycles. The molecule has 50 heavy (non-hydrogen) atoms. The smallest absolute Gasteiger partial charge is 0.321 e. The van der Waals surface area contributed by atoms with E-state index in [0.29, 0.717) is 30.2 Å². The number of urea groups is 1. The Bertz CT molecular complexity index is 1690. The van der Waals surface area contributed by atoms with Gasteiger partial charge in [0.25, 0.3) is 15.9 Å². The van der Waals surface area contributed by atoms with Gasteiger partial charge in [0, 0.05) is 44.0 Å². The Balaban J connectivity index is 1.62. The largest absolute Gasteiger partial charge is 0.497 e. The molecular formula is C36H47FN4O8S. The fourth-order valence-corrected chi connectivity index (χ4v) is 6.57. The average Bonchev–Trinajstić information content (AvgIpc) is 3.10. The van der Waals surface area contributed by atoms with E-state index in [2.05, 4.69) is 10.0 Å². The minimum absolute atomic E-state index is 0.0151. The maximum Gasteiger partial charge on any atom is 0.321 e. The normalized spacial score (nSPS) is 19.7. The first-order chi connectivity index (χ1) is 23.8. The maximum atomic E-state index is 14.4. The highest BCUT2D eigenvalue weighted by Crippen LogP contribution is 2.30. The third-order valence-electron chi connectivity index (χ3n) is 8.57. The summed E-state index contributed by atoms with van der Waals surface area (Å²) in [5.41, 5.74) is 0.729. The predicted molar refractivity (Wildman–Crippen MR) is 189 cm³/mol. The van der Waals surface area contributed by atoms with Crippen molar-refractivity contribution < 1.29 is 41.7 Å². The van der Waals surface area contributed by atoms with Gasteiger partial charge in [0.1, 0.15) is 17.3 Å². The predicted octanol–water partition coefficient (Wildman–Crippen LogP) is 5.59. The van der Waals surface area contributed by atoms with Crippen LogP contribution in [0.3, 0.4) is 0 Å². The van der Waals surface area contributed by atoms with Crippen molar-refractivity contribution in [1.29, 1.82) is 0 Å². The van der Waals surface area contributed by atoms with E-state index in [1.165, 1.54) is 59.4 Å². The van der Waals surface area contributed by atoms with Crippen LogP contribution in [0.5, 0.6) is 11.5 Å². The van der Waals surface area contributed by atoms with Crippen molar-refractivity contribution in [2.45, 2.75) is 63.2 Å². The van der Waals surface area contributed by atoms with E-state index in [-0.39, 0.29) is 47.9 Å². The Morgan fingerprint density at radius 3 is 2.42 bits per heavy atom. The first kappa shape index (κ1) is 38.4. The molecule has 3 aromatic rings. The second kappa shape index (κ2) is 17.5. The second-order valence-corrected chi connectivity index (χ2v) is 14.3. The summed E-state index contributed by atoms with van der Waals surface area (Å²) in [5, 5.41) is 13.0. The van der Waals surface area contributed by atoms with Crippen molar-refractivity contribution in [2.75, 3.05) is 50.5 Å². The van der Waals surface area contributed by atoms with E-state index in [0.717, 1.165) is 12.8 Å². The quantitative estimate of drug-likeness (QED) is 0.260. The third-order valence-corrected chi connectivity index (χ3v) is 9.97. The average molecular weight is 715 g/mol. The van der Waals surface area contributed by atoms with Gasteiger partial charge in [0.15, 0.2) is 0 Å². The van der Waals surface area contributed by atoms with Crippen LogP contribution in [-0.2, 0) is 14.8 Å². The van der Waals surface area contributed by atoms with Gasteiger partial charge in [0.2, 0.25) is 0 Å². The molecule has 3 aromatic carbocycles. The zero-order chi connectivity index (χ0) is 36.4. The summed E-state index contributed by atoms with van der Waals surface area (Å²) >= 11 is 0. The topological polar surface area (TPSA) is 147 Å². The Hall–Kier alpha value is -4.40. The van der Waals surface area contributed by atoms with E-state index in [1.54, 1.807) is 38.2 Å². The number of rotatable bonds is 9. The van der Waals surface area contributed by atoms with Crippen LogP contribution in [0.2, 0.25) is 0 Å². The molecule has 1 heterocycles. The zero-order valence-corrected chi connectivity index (χ0v) is 29.9. The molecule has 0 unspecified atom stereocenters. The number of hydrogen-bond acceptors (Lipinski definition) is 8. The minimum Gasteiger partial charge on any atom is -0.497 e. The van der Waals surface area contributed by atoms with Gasteiger partial charge >= 0.3 is 6.03 Å². The highest BCUT2D eigenvalue weighted by atomic mass is 32.2. The second-order valence-electron chi connectivity index (χ2n) is 12.6. The molecule has 0 radical (unpaired) electrons. The molecule has 0 fully saturated rings. The van der Waals surface area contributed by atoms with Crippen LogP contribution in [0.15, 0.2) is 71.6 Å². The summed E-state index contributed by atoms with van der Waals surface area (Å²) in [4.78, 5) is 30.4. The summed E-state index contributed by atoms with van der Waals surface area (Å²) in [7, 11) is -0.900. The number of carbonyl (C=O) groups excluding carboxylic acids is 2. The minimum atomic E-state index is -4.01. The monoisotopic (exact) mass is 714 g/mol. The zero-order valence-electron chi connectivity index (χ0n) is 29.1. The number of aliphatic hydroxyl groups is 1. The molecule has 0 saturated heterocycles. The van der Waals surface area contributed by atoms with Crippen LogP contribution < -0.4 is 19.5 Å². The van der Waals surface area contributed by atoms with Gasteiger partial charge in [-0.25, -0.2) is 17.6 Å². The SMILES string of the molecule is COc1ccc(S(=O)(=O)Nc2ccc3c(c2)C(=O)N([C@H](C)CO)C[C@H](C)[C@H](CN(C)C(=O)Nc2ccc(F)cc2)OCCCC[C@H](C)O3)cc1. The number of nitrogens with zero attached hydrogens (tertiary/aromatic N) is 2. The lowest BCUT2D eigenvalue weighted by Gasteiger charge is -2.35. The maximum absolute atomic E-state index is 14.4. The fraction of sp³-hybridized carbons (Fsp3) is 0.444. The number of nitrogens with one attached hydrogen (secondary N) is 2. The van der Waals surface area contributed by atoms with Crippen LogP contribution in [0.4, 0.5) is 20.6 Å². The van der Waals surface area contributed by atoms with Gasteiger partial charge in [-0.15, -0.1) is 0 Å². The summed E-state index contributed by atoms with van der Waals surface area (Å²) in [6.07, 6.45) is 1.42. The van der Waals surface area contributed by atoms with E-state index in [1.807, 2.05) is 13.8 Å². The third kappa shape index (κ3) is 10.3. The van der Waals surface area contributed by atoms with Crippen LogP contribution >= 0.6 is 0 Å². The van der Waals surface area contributed by atoms with Crippen LogP contribution in [-0.4, -0.2) is 94.0 Å². The summed E-state index contributed by atoms with van der Waals surface area (Å²) in [6, 6.07) is 14.9. The molecule has 1 aliphatic rings. The molecule has 12 nitrogen and oxygen atoms in total. The van der Waals surface area contributed by atoms with Crippen molar-refractivity contribution in [3.05, 3.63) is 78.1 Å². The van der Waals surface area contributed by atoms with Crippen molar-refractivity contribution in [3.63, 3.8) is 0 Å². The molecule has 0 saturated carbocycles. The van der Waals surface area contributed by atoms with Gasteiger partial charge in [-0.3, -0.25) is 9.52 Å². The molecule has 0 spiro atoms. The molecule has 0 aromatic heterocycles. The first-order valence-corrected chi connectivity index (χ1v) is 18.1. The number of methoxy groups -OCH3 is 1. The highest BCUT2D eigenvalue weighted by molar-refractivity contribution is 7.92. The van der Waals surface area contributed by atoms with Gasteiger partial charge in [0.05, 0.1) is 42.4 Å². The lowest BCUT2D eigenvalue weighted by molar-refractivity contribution is -0.0115. The number of anilines is 2. The standard InChI is InChI=1S/C36H47FN4O8S/c1-24-21-41(25(2)23-42)35(43)32-20-29(39-50(45,46)31-16-14-30(47-5)15-17-31)13-18-33(32)49-26(3)8-6-7-19-48-34(24)22-40(4)36(44)38-28-11-9-27(37)10-12-28/h9-18,20,24-26,34,39,42H,6-8,19,21-23H2,1-5H3,(H,38,44)/t24-,25+,26-,34-/m0/s1. The van der Waals surface area contributed by atoms with Gasteiger partial charge in [-0.1, -0.05) is 6.92 Å². The van der Waals surface area contributed by atoms with Crippen molar-refractivity contribution in [1.82, 2.24) is 9.80 Å². The van der Waals surface area contributed by atoms with Crippen LogP contribution in [0, 0.1) is 11.7 Å². The van der Waals surface area contributed by atoms with Crippen molar-refractivity contribution in [3.8, 4) is 11.5 Å². The number of aliphatic hydroxyl groups excluding tert-OH is 1. The van der Waals surface area contributed by atoms with Crippen molar-refractivity contribution in [2.24, 2.45) is 5.92 Å². The Kier molecular flexibility index (Phi) is 13.4. The molecule has 272 valence electrons. The first-order valence-electron chi connectivity index (χ1n) is 16.6. The van der Waals surface area contributed by atoms with E-state index >= 15 is 0 Å². The van der Waals surface area contributed by atoms with Gasteiger partial charge in [-0.2, -0.15) is 0 Å². The number of amides is 3. The van der Waals surface area contributed by atoms with E-state index in [9.17, 15) is 27.5 Å². The molecule has 3 N–H and O–H groups in total. The molecule has 0 bridgehead atoms. The fourth-order valence-electron chi connectivity index (χ4n) is 5.52. The molecule has 4 atom stereocenters. The molecule has 4 rings (SSSR count). The molecule has 14 heteroatoms.